The Balaban J connectivity index is 1.36. The first-order valence-electron chi connectivity index (χ1n) is 7.76. The third-order valence-corrected chi connectivity index (χ3v) is 6.65. The molecule has 1 amide bonds. The summed E-state index contributed by atoms with van der Waals surface area (Å²) in [6, 6.07) is 4.00. The highest BCUT2D eigenvalue weighted by atomic mass is 32.1. The lowest BCUT2D eigenvalue weighted by molar-refractivity contribution is 0.0946. The summed E-state index contributed by atoms with van der Waals surface area (Å²) in [6.07, 6.45) is 2.48. The molecular formula is C16H16N4OS3. The molecule has 0 radical (unpaired) electrons. The second kappa shape index (κ2) is 7.00. The van der Waals surface area contributed by atoms with Crippen LogP contribution in [0.4, 0.5) is 5.13 Å². The van der Waals surface area contributed by atoms with Gasteiger partial charge in [0.25, 0.3) is 5.91 Å². The lowest BCUT2D eigenvalue weighted by atomic mass is 10.4. The number of anilines is 1. The summed E-state index contributed by atoms with van der Waals surface area (Å²) in [6.45, 7) is 2.61. The molecule has 8 heteroatoms. The Morgan fingerprint density at radius 3 is 2.83 bits per heavy atom. The summed E-state index contributed by atoms with van der Waals surface area (Å²) < 4.78 is 0. The fourth-order valence-electron chi connectivity index (χ4n) is 2.58. The van der Waals surface area contributed by atoms with Crippen LogP contribution in [0.3, 0.4) is 0 Å². The second-order valence-corrected chi connectivity index (χ2v) is 8.16. The van der Waals surface area contributed by atoms with Gasteiger partial charge in [0.05, 0.1) is 17.1 Å². The fourth-order valence-corrected chi connectivity index (χ4v) is 5.08. The fraction of sp³-hybridized carbons (Fsp3) is 0.312. The van der Waals surface area contributed by atoms with E-state index in [0.29, 0.717) is 12.2 Å². The molecule has 0 atom stereocenters. The molecule has 1 saturated heterocycles. The summed E-state index contributed by atoms with van der Waals surface area (Å²) >= 11 is 4.77. The molecule has 1 fully saturated rings. The predicted octanol–water partition coefficient (Wildman–Crippen LogP) is 3.86. The maximum absolute atomic E-state index is 12.3. The van der Waals surface area contributed by atoms with Gasteiger partial charge in [0.15, 0.2) is 5.13 Å². The number of amides is 1. The van der Waals surface area contributed by atoms with Gasteiger partial charge in [-0.25, -0.2) is 9.97 Å². The smallest absolute Gasteiger partial charge is 0.271 e. The zero-order valence-corrected chi connectivity index (χ0v) is 15.3. The van der Waals surface area contributed by atoms with Crippen molar-refractivity contribution in [3.05, 3.63) is 39.7 Å². The van der Waals surface area contributed by atoms with Crippen molar-refractivity contribution in [3.8, 4) is 9.88 Å². The summed E-state index contributed by atoms with van der Waals surface area (Å²) in [5.41, 5.74) is 1.38. The van der Waals surface area contributed by atoms with Crippen LogP contribution in [0.2, 0.25) is 0 Å². The highest BCUT2D eigenvalue weighted by Crippen LogP contribution is 2.28. The second-order valence-electron chi connectivity index (χ2n) is 5.51. The van der Waals surface area contributed by atoms with E-state index in [1.54, 1.807) is 28.1 Å². The van der Waals surface area contributed by atoms with E-state index in [1.807, 2.05) is 22.9 Å². The van der Waals surface area contributed by atoms with E-state index in [0.717, 1.165) is 33.8 Å². The summed E-state index contributed by atoms with van der Waals surface area (Å²) in [5, 5.41) is 10.7. The van der Waals surface area contributed by atoms with Crippen LogP contribution in [-0.4, -0.2) is 29.0 Å². The molecule has 24 heavy (non-hydrogen) atoms. The van der Waals surface area contributed by atoms with Crippen molar-refractivity contribution >= 4 is 45.0 Å². The Kier molecular flexibility index (Phi) is 4.59. The minimum atomic E-state index is -0.148. The Morgan fingerprint density at radius 2 is 2.04 bits per heavy atom. The molecule has 124 valence electrons. The van der Waals surface area contributed by atoms with E-state index in [1.165, 1.54) is 24.2 Å². The average molecular weight is 377 g/mol. The zero-order valence-electron chi connectivity index (χ0n) is 12.9. The van der Waals surface area contributed by atoms with Crippen LogP contribution in [0.5, 0.6) is 0 Å². The minimum absolute atomic E-state index is 0.148. The molecule has 0 saturated carbocycles. The van der Waals surface area contributed by atoms with Gasteiger partial charge in [0.1, 0.15) is 10.7 Å². The van der Waals surface area contributed by atoms with Gasteiger partial charge in [0, 0.05) is 23.8 Å². The van der Waals surface area contributed by atoms with Gasteiger partial charge in [-0.2, -0.15) is 0 Å². The Bertz CT molecular complexity index is 818. The van der Waals surface area contributed by atoms with Gasteiger partial charge in [-0.15, -0.1) is 34.0 Å². The van der Waals surface area contributed by atoms with Crippen molar-refractivity contribution in [2.45, 2.75) is 19.4 Å². The SMILES string of the molecule is O=C(NCc1csc(N2CCCC2)n1)c1csc(-c2cccs2)n1. The molecule has 0 spiro atoms. The van der Waals surface area contributed by atoms with E-state index >= 15 is 0 Å². The number of hydrogen-bond donors (Lipinski definition) is 1. The van der Waals surface area contributed by atoms with Crippen LogP contribution in [-0.2, 0) is 6.54 Å². The maximum atomic E-state index is 12.3. The molecule has 0 unspecified atom stereocenters. The first-order valence-corrected chi connectivity index (χ1v) is 10.4. The van der Waals surface area contributed by atoms with E-state index < -0.39 is 0 Å². The molecule has 1 aliphatic heterocycles. The lowest BCUT2D eigenvalue weighted by Gasteiger charge is -2.12. The maximum Gasteiger partial charge on any atom is 0.271 e. The Labute approximate surface area is 152 Å². The van der Waals surface area contributed by atoms with Gasteiger partial charge < -0.3 is 10.2 Å². The van der Waals surface area contributed by atoms with E-state index in [4.69, 9.17) is 0 Å². The number of thiophene rings is 1. The van der Waals surface area contributed by atoms with Crippen LogP contribution < -0.4 is 10.2 Å². The summed E-state index contributed by atoms with van der Waals surface area (Å²) in [4.78, 5) is 24.7. The van der Waals surface area contributed by atoms with Crippen LogP contribution in [0.1, 0.15) is 29.0 Å². The molecule has 0 aliphatic carbocycles. The summed E-state index contributed by atoms with van der Waals surface area (Å²) in [7, 11) is 0. The van der Waals surface area contributed by atoms with E-state index in [2.05, 4.69) is 20.2 Å². The van der Waals surface area contributed by atoms with Gasteiger partial charge in [-0.05, 0) is 24.3 Å². The molecule has 3 aromatic rings. The Morgan fingerprint density at radius 1 is 1.17 bits per heavy atom. The van der Waals surface area contributed by atoms with Crippen molar-refractivity contribution in [3.63, 3.8) is 0 Å². The lowest BCUT2D eigenvalue weighted by Crippen LogP contribution is -2.23. The molecule has 4 heterocycles. The first-order chi connectivity index (χ1) is 11.8. The number of rotatable bonds is 5. The standard InChI is InChI=1S/C16H16N4OS3/c21-14(12-10-23-15(19-12)13-4-3-7-22-13)17-8-11-9-24-16(18-11)20-5-1-2-6-20/h3-4,7,9-10H,1-2,5-6,8H2,(H,17,21). The van der Waals surface area contributed by atoms with Gasteiger partial charge in [0.2, 0.25) is 0 Å². The third kappa shape index (κ3) is 3.35. The average Bonchev–Trinajstić information content (AvgIpc) is 3.40. The monoisotopic (exact) mass is 376 g/mol. The molecule has 3 aromatic heterocycles. The molecular weight excluding hydrogens is 360 g/mol. The van der Waals surface area contributed by atoms with Gasteiger partial charge in [-0.3, -0.25) is 4.79 Å². The number of hydrogen-bond acceptors (Lipinski definition) is 7. The van der Waals surface area contributed by atoms with Crippen molar-refractivity contribution in [1.29, 1.82) is 0 Å². The van der Waals surface area contributed by atoms with Crippen LogP contribution in [0.15, 0.2) is 28.3 Å². The number of carbonyl (C=O) groups excluding carboxylic acids is 1. The van der Waals surface area contributed by atoms with Crippen LogP contribution in [0, 0.1) is 0 Å². The molecule has 5 nitrogen and oxygen atoms in total. The summed E-state index contributed by atoms with van der Waals surface area (Å²) in [5.74, 6) is -0.148. The van der Waals surface area contributed by atoms with Gasteiger partial charge >= 0.3 is 0 Å². The van der Waals surface area contributed by atoms with Crippen molar-refractivity contribution in [2.75, 3.05) is 18.0 Å². The van der Waals surface area contributed by atoms with Crippen molar-refractivity contribution in [1.82, 2.24) is 15.3 Å². The van der Waals surface area contributed by atoms with E-state index in [-0.39, 0.29) is 5.91 Å². The topological polar surface area (TPSA) is 58.1 Å². The van der Waals surface area contributed by atoms with Gasteiger partial charge in [-0.1, -0.05) is 6.07 Å². The molecule has 0 bridgehead atoms. The highest BCUT2D eigenvalue weighted by Gasteiger charge is 2.16. The van der Waals surface area contributed by atoms with E-state index in [9.17, 15) is 4.79 Å². The normalized spacial score (nSPS) is 14.2. The zero-order chi connectivity index (χ0) is 16.4. The Hall–Kier alpha value is -1.77. The number of nitrogens with one attached hydrogen (secondary N) is 1. The minimum Gasteiger partial charge on any atom is -0.348 e. The number of aromatic nitrogens is 2. The molecule has 4 rings (SSSR count). The van der Waals surface area contributed by atoms with Crippen LogP contribution in [0.25, 0.3) is 9.88 Å². The largest absolute Gasteiger partial charge is 0.348 e. The number of nitrogens with zero attached hydrogens (tertiary/aromatic N) is 3. The quantitative estimate of drug-likeness (QED) is 0.735. The molecule has 1 aliphatic rings. The van der Waals surface area contributed by atoms with Crippen molar-refractivity contribution < 1.29 is 4.79 Å². The van der Waals surface area contributed by atoms with Crippen LogP contribution >= 0.6 is 34.0 Å². The predicted molar refractivity (Wildman–Crippen MR) is 100 cm³/mol. The van der Waals surface area contributed by atoms with Crippen molar-refractivity contribution in [2.24, 2.45) is 0 Å². The number of thiazole rings is 2. The first kappa shape index (κ1) is 15.7. The molecule has 0 aromatic carbocycles. The molecule has 1 N–H and O–H groups in total. The number of carbonyl (C=O) groups is 1. The highest BCUT2D eigenvalue weighted by molar-refractivity contribution is 7.20. The third-order valence-electron chi connectivity index (χ3n) is 3.82.